The summed E-state index contributed by atoms with van der Waals surface area (Å²) in [6.07, 6.45) is 0. The van der Waals surface area contributed by atoms with Gasteiger partial charge in [0.25, 0.3) is 0 Å². The Labute approximate surface area is 103 Å². The summed E-state index contributed by atoms with van der Waals surface area (Å²) in [6.45, 7) is 1.93. The molecule has 88 valence electrons. The van der Waals surface area contributed by atoms with Crippen molar-refractivity contribution in [2.75, 3.05) is 19.5 Å². The third kappa shape index (κ3) is 2.33. The highest BCUT2D eigenvalue weighted by molar-refractivity contribution is 6.40. The largest absolute Gasteiger partial charge is 0.494 e. The first kappa shape index (κ1) is 12.9. The van der Waals surface area contributed by atoms with Gasteiger partial charge in [-0.15, -0.1) is 0 Å². The molecule has 0 aliphatic rings. The van der Waals surface area contributed by atoms with Crippen molar-refractivity contribution >= 4 is 34.9 Å². The van der Waals surface area contributed by atoms with Crippen molar-refractivity contribution in [3.05, 3.63) is 21.7 Å². The maximum absolute atomic E-state index is 11.6. The first-order valence-corrected chi connectivity index (χ1v) is 5.27. The van der Waals surface area contributed by atoms with Crippen LogP contribution in [0.15, 0.2) is 6.07 Å². The quantitative estimate of drug-likeness (QED) is 0.673. The van der Waals surface area contributed by atoms with E-state index in [0.717, 1.165) is 0 Å². The third-order valence-corrected chi connectivity index (χ3v) is 2.53. The lowest BCUT2D eigenvalue weighted by Gasteiger charge is -2.12. The van der Waals surface area contributed by atoms with Crippen LogP contribution in [0.2, 0.25) is 10.0 Å². The zero-order valence-electron chi connectivity index (χ0n) is 8.84. The molecule has 0 aromatic heterocycles. The maximum Gasteiger partial charge on any atom is 0.341 e. The number of methoxy groups -OCH3 is 1. The molecule has 0 saturated heterocycles. The number of nitrogens with two attached hydrogens (primary N) is 1. The highest BCUT2D eigenvalue weighted by Crippen LogP contribution is 2.39. The number of carbonyl (C=O) groups is 1. The molecule has 0 spiro atoms. The third-order valence-electron chi connectivity index (χ3n) is 1.89. The Morgan fingerprint density at radius 1 is 1.50 bits per heavy atom. The van der Waals surface area contributed by atoms with Crippen LogP contribution < -0.4 is 10.5 Å². The Morgan fingerprint density at radius 2 is 2.12 bits per heavy atom. The summed E-state index contributed by atoms with van der Waals surface area (Å²) in [5, 5.41) is 0.309. The molecule has 0 aliphatic carbocycles. The van der Waals surface area contributed by atoms with Crippen molar-refractivity contribution in [1.82, 2.24) is 0 Å². The second-order valence-corrected chi connectivity index (χ2v) is 3.68. The minimum atomic E-state index is -0.597. The molecule has 0 amide bonds. The van der Waals surface area contributed by atoms with E-state index in [0.29, 0.717) is 0 Å². The van der Waals surface area contributed by atoms with Crippen LogP contribution in [0.25, 0.3) is 0 Å². The normalized spacial score (nSPS) is 10.0. The van der Waals surface area contributed by atoms with Crippen molar-refractivity contribution < 1.29 is 14.3 Å². The summed E-state index contributed by atoms with van der Waals surface area (Å²) in [5.74, 6) is -0.388. The van der Waals surface area contributed by atoms with E-state index in [1.165, 1.54) is 13.2 Å². The summed E-state index contributed by atoms with van der Waals surface area (Å²) in [6, 6.07) is 1.40. The van der Waals surface area contributed by atoms with Gasteiger partial charge in [0, 0.05) is 5.69 Å². The molecule has 1 rings (SSSR count). The topological polar surface area (TPSA) is 61.5 Å². The van der Waals surface area contributed by atoms with Gasteiger partial charge in [-0.1, -0.05) is 23.2 Å². The molecule has 16 heavy (non-hydrogen) atoms. The van der Waals surface area contributed by atoms with Crippen LogP contribution >= 0.6 is 23.2 Å². The molecule has 2 N–H and O–H groups in total. The summed E-state index contributed by atoms with van der Waals surface area (Å²) in [7, 11) is 1.40. The minimum Gasteiger partial charge on any atom is -0.494 e. The van der Waals surface area contributed by atoms with Crippen LogP contribution in [0.5, 0.6) is 5.75 Å². The highest BCUT2D eigenvalue weighted by Gasteiger charge is 2.21. The molecular formula is C10H11Cl2NO3. The first-order chi connectivity index (χ1) is 7.52. The minimum absolute atomic E-state index is 0.0611. The number of rotatable bonds is 3. The van der Waals surface area contributed by atoms with E-state index in [4.69, 9.17) is 38.4 Å². The van der Waals surface area contributed by atoms with Crippen molar-refractivity contribution in [2.24, 2.45) is 0 Å². The first-order valence-electron chi connectivity index (χ1n) is 4.51. The number of nitrogen functional groups attached to an aromatic ring is 1. The van der Waals surface area contributed by atoms with Crippen molar-refractivity contribution in [2.45, 2.75) is 6.92 Å². The molecule has 0 fully saturated rings. The number of ether oxygens (including phenoxy) is 2. The van der Waals surface area contributed by atoms with Crippen LogP contribution in [-0.2, 0) is 4.74 Å². The molecule has 0 aliphatic heterocycles. The summed E-state index contributed by atoms with van der Waals surface area (Å²) in [5.41, 5.74) is 5.89. The van der Waals surface area contributed by atoms with Gasteiger partial charge in [0.1, 0.15) is 10.6 Å². The molecule has 6 heteroatoms. The van der Waals surface area contributed by atoms with E-state index < -0.39 is 5.97 Å². The molecule has 0 saturated carbocycles. The Hall–Kier alpha value is -1.13. The van der Waals surface area contributed by atoms with E-state index in [2.05, 4.69) is 0 Å². The van der Waals surface area contributed by atoms with E-state index in [1.54, 1.807) is 6.92 Å². The SMILES string of the molecule is CCOC(=O)c1c(N)cc(Cl)c(OC)c1Cl. The molecule has 4 nitrogen and oxygen atoms in total. The zero-order valence-corrected chi connectivity index (χ0v) is 10.4. The van der Waals surface area contributed by atoms with Gasteiger partial charge in [-0.05, 0) is 13.0 Å². The monoisotopic (exact) mass is 263 g/mol. The fraction of sp³-hybridized carbons (Fsp3) is 0.300. The zero-order chi connectivity index (χ0) is 12.3. The Bertz CT molecular complexity index is 421. The number of carbonyl (C=O) groups excluding carboxylic acids is 1. The lowest BCUT2D eigenvalue weighted by Crippen LogP contribution is -2.09. The second kappa shape index (κ2) is 5.27. The standard InChI is InChI=1S/C10H11Cl2NO3/c1-3-16-10(14)7-6(13)4-5(11)9(15-2)8(7)12/h4H,3,13H2,1-2H3. The van der Waals surface area contributed by atoms with Crippen LogP contribution in [0.3, 0.4) is 0 Å². The number of benzene rings is 1. The summed E-state index contributed by atoms with van der Waals surface area (Å²) in [4.78, 5) is 11.6. The van der Waals surface area contributed by atoms with Gasteiger partial charge in [-0.25, -0.2) is 4.79 Å². The molecule has 0 bridgehead atoms. The number of hydrogen-bond acceptors (Lipinski definition) is 4. The smallest absolute Gasteiger partial charge is 0.341 e. The predicted molar refractivity (Wildman–Crippen MR) is 63.4 cm³/mol. The lowest BCUT2D eigenvalue weighted by molar-refractivity contribution is 0.0527. The van der Waals surface area contributed by atoms with Crippen LogP contribution in [0.1, 0.15) is 17.3 Å². The van der Waals surface area contributed by atoms with Crippen molar-refractivity contribution in [3.63, 3.8) is 0 Å². The predicted octanol–water partition coefficient (Wildman–Crippen LogP) is 2.76. The average molecular weight is 264 g/mol. The lowest BCUT2D eigenvalue weighted by atomic mass is 10.1. The average Bonchev–Trinajstić information content (AvgIpc) is 2.17. The second-order valence-electron chi connectivity index (χ2n) is 2.89. The summed E-state index contributed by atoms with van der Waals surface area (Å²) >= 11 is 11.8. The number of anilines is 1. The molecule has 0 radical (unpaired) electrons. The molecular weight excluding hydrogens is 253 g/mol. The van der Waals surface area contributed by atoms with Crippen molar-refractivity contribution in [1.29, 1.82) is 0 Å². The highest BCUT2D eigenvalue weighted by atomic mass is 35.5. The number of hydrogen-bond donors (Lipinski definition) is 1. The maximum atomic E-state index is 11.6. The van der Waals surface area contributed by atoms with Gasteiger partial charge in [0.2, 0.25) is 0 Å². The van der Waals surface area contributed by atoms with Gasteiger partial charge in [-0.2, -0.15) is 0 Å². The van der Waals surface area contributed by atoms with Gasteiger partial charge < -0.3 is 15.2 Å². The molecule has 0 atom stereocenters. The van der Waals surface area contributed by atoms with Gasteiger partial charge in [0.15, 0.2) is 5.75 Å². The van der Waals surface area contributed by atoms with E-state index >= 15 is 0 Å². The Kier molecular flexibility index (Phi) is 4.26. The van der Waals surface area contributed by atoms with E-state index in [-0.39, 0.29) is 33.7 Å². The van der Waals surface area contributed by atoms with Gasteiger partial charge in [0.05, 0.1) is 18.7 Å². The van der Waals surface area contributed by atoms with Crippen molar-refractivity contribution in [3.8, 4) is 5.75 Å². The van der Waals surface area contributed by atoms with Crippen LogP contribution in [0, 0.1) is 0 Å². The van der Waals surface area contributed by atoms with Gasteiger partial charge in [-0.3, -0.25) is 0 Å². The fourth-order valence-electron chi connectivity index (χ4n) is 1.22. The number of halogens is 2. The van der Waals surface area contributed by atoms with Gasteiger partial charge >= 0.3 is 5.97 Å². The summed E-state index contributed by atoms with van der Waals surface area (Å²) < 4.78 is 9.80. The van der Waals surface area contributed by atoms with E-state index in [1.807, 2.05) is 0 Å². The molecule has 1 aromatic carbocycles. The van der Waals surface area contributed by atoms with Crippen LogP contribution in [-0.4, -0.2) is 19.7 Å². The Morgan fingerprint density at radius 3 is 2.62 bits per heavy atom. The van der Waals surface area contributed by atoms with E-state index in [9.17, 15) is 4.79 Å². The Balaban J connectivity index is 3.33. The molecule has 0 heterocycles. The molecule has 0 unspecified atom stereocenters. The fourth-order valence-corrected chi connectivity index (χ4v) is 1.92. The van der Waals surface area contributed by atoms with Crippen LogP contribution in [0.4, 0.5) is 5.69 Å². The number of esters is 1. The molecule has 1 aromatic rings.